The number of imidazole rings is 1. The Morgan fingerprint density at radius 3 is 2.84 bits per heavy atom. The van der Waals surface area contributed by atoms with Crippen LogP contribution in [0.2, 0.25) is 0 Å². The van der Waals surface area contributed by atoms with Crippen LogP contribution < -0.4 is 11.1 Å². The van der Waals surface area contributed by atoms with E-state index in [0.29, 0.717) is 37.4 Å². The van der Waals surface area contributed by atoms with Crippen LogP contribution in [0.3, 0.4) is 0 Å². The SMILES string of the molecule is CC(C)c1nccn1Cc1cccc(NC(=O)CCCn2c(=O)oc3ccccc32)c1. The van der Waals surface area contributed by atoms with Gasteiger partial charge in [-0.25, -0.2) is 9.78 Å². The number of carbonyl (C=O) groups is 1. The molecule has 0 spiro atoms. The largest absolute Gasteiger partial charge is 0.419 e. The Bertz CT molecular complexity index is 1250. The Kier molecular flexibility index (Phi) is 6.02. The Hall–Kier alpha value is -3.61. The second-order valence-electron chi connectivity index (χ2n) is 7.91. The van der Waals surface area contributed by atoms with Crippen LogP contribution in [0.1, 0.15) is 44.0 Å². The molecular formula is C24H26N4O3. The molecule has 31 heavy (non-hydrogen) atoms. The minimum Gasteiger partial charge on any atom is -0.408 e. The third kappa shape index (κ3) is 4.77. The first-order valence-electron chi connectivity index (χ1n) is 10.5. The van der Waals surface area contributed by atoms with Gasteiger partial charge in [0.1, 0.15) is 5.82 Å². The van der Waals surface area contributed by atoms with Crippen LogP contribution in [0.5, 0.6) is 0 Å². The summed E-state index contributed by atoms with van der Waals surface area (Å²) in [5, 5.41) is 2.96. The summed E-state index contributed by atoms with van der Waals surface area (Å²) in [4.78, 5) is 28.9. The van der Waals surface area contributed by atoms with E-state index in [-0.39, 0.29) is 5.91 Å². The van der Waals surface area contributed by atoms with E-state index in [1.807, 2.05) is 54.9 Å². The van der Waals surface area contributed by atoms with Crippen molar-refractivity contribution in [2.75, 3.05) is 5.32 Å². The van der Waals surface area contributed by atoms with E-state index in [1.54, 1.807) is 10.6 Å². The molecule has 1 N–H and O–H groups in total. The average molecular weight is 418 g/mol. The zero-order valence-electron chi connectivity index (χ0n) is 17.7. The molecule has 0 aliphatic heterocycles. The molecule has 0 aliphatic rings. The lowest BCUT2D eigenvalue weighted by Crippen LogP contribution is -2.17. The first kappa shape index (κ1) is 20.7. The molecule has 160 valence electrons. The van der Waals surface area contributed by atoms with Crippen LogP contribution in [-0.2, 0) is 17.9 Å². The van der Waals surface area contributed by atoms with E-state index in [2.05, 4.69) is 28.7 Å². The summed E-state index contributed by atoms with van der Waals surface area (Å²) >= 11 is 0. The summed E-state index contributed by atoms with van der Waals surface area (Å²) in [6.07, 6.45) is 4.65. The van der Waals surface area contributed by atoms with Gasteiger partial charge >= 0.3 is 5.76 Å². The fourth-order valence-corrected chi connectivity index (χ4v) is 3.75. The lowest BCUT2D eigenvalue weighted by molar-refractivity contribution is -0.116. The van der Waals surface area contributed by atoms with Crippen LogP contribution in [0.15, 0.2) is 70.1 Å². The van der Waals surface area contributed by atoms with Crippen molar-refractivity contribution in [2.45, 2.75) is 45.7 Å². The van der Waals surface area contributed by atoms with Gasteiger partial charge < -0.3 is 14.3 Å². The highest BCUT2D eigenvalue weighted by Crippen LogP contribution is 2.17. The van der Waals surface area contributed by atoms with Crippen molar-refractivity contribution in [1.29, 1.82) is 0 Å². The van der Waals surface area contributed by atoms with Crippen molar-refractivity contribution in [1.82, 2.24) is 14.1 Å². The number of anilines is 1. The van der Waals surface area contributed by atoms with Gasteiger partial charge in [0, 0.05) is 43.5 Å². The average Bonchev–Trinajstić information content (AvgIpc) is 3.32. The molecule has 7 nitrogen and oxygen atoms in total. The number of aromatic nitrogens is 3. The first-order chi connectivity index (χ1) is 15.0. The third-order valence-corrected chi connectivity index (χ3v) is 5.19. The summed E-state index contributed by atoms with van der Waals surface area (Å²) in [7, 11) is 0. The third-order valence-electron chi connectivity index (χ3n) is 5.19. The van der Waals surface area contributed by atoms with E-state index < -0.39 is 5.76 Å². The summed E-state index contributed by atoms with van der Waals surface area (Å²) in [5.41, 5.74) is 3.17. The van der Waals surface area contributed by atoms with Gasteiger partial charge in [-0.1, -0.05) is 38.1 Å². The highest BCUT2D eigenvalue weighted by Gasteiger charge is 2.10. The Labute approximate surface area is 180 Å². The van der Waals surface area contributed by atoms with Crippen LogP contribution in [-0.4, -0.2) is 20.0 Å². The van der Waals surface area contributed by atoms with Gasteiger partial charge in [-0.15, -0.1) is 0 Å². The van der Waals surface area contributed by atoms with Crippen molar-refractivity contribution in [3.8, 4) is 0 Å². The molecule has 0 fully saturated rings. The van der Waals surface area contributed by atoms with Crippen LogP contribution in [0, 0.1) is 0 Å². The number of nitrogens with zero attached hydrogens (tertiary/aromatic N) is 3. The number of para-hydroxylation sites is 2. The van der Waals surface area contributed by atoms with Crippen LogP contribution in [0.4, 0.5) is 5.69 Å². The molecule has 0 radical (unpaired) electrons. The number of oxazole rings is 1. The quantitative estimate of drug-likeness (QED) is 0.460. The molecule has 4 rings (SSSR count). The van der Waals surface area contributed by atoms with Gasteiger partial charge in [0.2, 0.25) is 5.91 Å². The lowest BCUT2D eigenvalue weighted by atomic mass is 10.1. The summed E-state index contributed by atoms with van der Waals surface area (Å²) < 4.78 is 8.93. The molecule has 4 aromatic rings. The number of amides is 1. The standard InChI is InChI=1S/C24H26N4O3/c1-17(2)23-25-12-14-27(23)16-18-7-5-8-19(15-18)26-22(29)11-6-13-28-20-9-3-4-10-21(20)31-24(28)30/h3-5,7-10,12,14-15,17H,6,11,13,16H2,1-2H3,(H,26,29). The first-order valence-corrected chi connectivity index (χ1v) is 10.5. The fraction of sp³-hybridized carbons (Fsp3) is 0.292. The molecule has 2 aromatic carbocycles. The van der Waals surface area contributed by atoms with E-state index in [4.69, 9.17) is 4.42 Å². The maximum absolute atomic E-state index is 12.4. The monoisotopic (exact) mass is 418 g/mol. The van der Waals surface area contributed by atoms with E-state index >= 15 is 0 Å². The maximum Gasteiger partial charge on any atom is 0.419 e. The van der Waals surface area contributed by atoms with Gasteiger partial charge in [0.05, 0.1) is 5.52 Å². The number of hydrogen-bond donors (Lipinski definition) is 1. The molecule has 7 heteroatoms. The molecule has 0 atom stereocenters. The summed E-state index contributed by atoms with van der Waals surface area (Å²) in [6, 6.07) is 15.1. The van der Waals surface area contributed by atoms with Crippen molar-refractivity contribution in [3.63, 3.8) is 0 Å². The number of aryl methyl sites for hydroxylation is 1. The van der Waals surface area contributed by atoms with E-state index in [1.165, 1.54) is 0 Å². The van der Waals surface area contributed by atoms with Crippen molar-refractivity contribution in [2.24, 2.45) is 0 Å². The van der Waals surface area contributed by atoms with Crippen molar-refractivity contribution >= 4 is 22.7 Å². The number of rotatable bonds is 8. The number of benzene rings is 2. The Morgan fingerprint density at radius 1 is 1.16 bits per heavy atom. The second-order valence-corrected chi connectivity index (χ2v) is 7.91. The lowest BCUT2D eigenvalue weighted by Gasteiger charge is -2.12. The zero-order chi connectivity index (χ0) is 21.8. The molecule has 0 aliphatic carbocycles. The Morgan fingerprint density at radius 2 is 2.00 bits per heavy atom. The summed E-state index contributed by atoms with van der Waals surface area (Å²) in [6.45, 7) is 5.38. The van der Waals surface area contributed by atoms with Crippen LogP contribution in [0.25, 0.3) is 11.1 Å². The number of fused-ring (bicyclic) bond motifs is 1. The smallest absolute Gasteiger partial charge is 0.408 e. The molecular weight excluding hydrogens is 392 g/mol. The van der Waals surface area contributed by atoms with Crippen molar-refractivity contribution in [3.05, 3.63) is 82.9 Å². The second kappa shape index (κ2) is 9.04. The molecule has 2 aromatic heterocycles. The maximum atomic E-state index is 12.4. The zero-order valence-corrected chi connectivity index (χ0v) is 17.7. The van der Waals surface area contributed by atoms with Crippen LogP contribution >= 0.6 is 0 Å². The van der Waals surface area contributed by atoms with Gasteiger partial charge in [0.25, 0.3) is 0 Å². The summed E-state index contributed by atoms with van der Waals surface area (Å²) in [5.74, 6) is 0.910. The number of hydrogen-bond acceptors (Lipinski definition) is 4. The highest BCUT2D eigenvalue weighted by atomic mass is 16.4. The minimum absolute atomic E-state index is 0.0801. The van der Waals surface area contributed by atoms with Gasteiger partial charge in [-0.05, 0) is 36.2 Å². The molecule has 0 bridgehead atoms. The minimum atomic E-state index is -0.394. The Balaban J connectivity index is 1.34. The molecule has 0 saturated heterocycles. The molecule has 0 saturated carbocycles. The van der Waals surface area contributed by atoms with Gasteiger partial charge in [0.15, 0.2) is 5.58 Å². The van der Waals surface area contributed by atoms with Crippen molar-refractivity contribution < 1.29 is 9.21 Å². The fourth-order valence-electron chi connectivity index (χ4n) is 3.75. The highest BCUT2D eigenvalue weighted by molar-refractivity contribution is 5.90. The van der Waals surface area contributed by atoms with Gasteiger partial charge in [-0.2, -0.15) is 0 Å². The number of carbonyl (C=O) groups excluding carboxylic acids is 1. The number of nitrogens with one attached hydrogen (secondary N) is 1. The van der Waals surface area contributed by atoms with E-state index in [9.17, 15) is 9.59 Å². The predicted molar refractivity (Wildman–Crippen MR) is 120 cm³/mol. The normalized spacial score (nSPS) is 11.3. The van der Waals surface area contributed by atoms with E-state index in [0.717, 1.165) is 22.6 Å². The topological polar surface area (TPSA) is 82.1 Å². The molecule has 1 amide bonds. The predicted octanol–water partition coefficient (Wildman–Crippen LogP) is 4.38. The molecule has 2 heterocycles. The molecule has 0 unspecified atom stereocenters. The van der Waals surface area contributed by atoms with Gasteiger partial charge in [-0.3, -0.25) is 9.36 Å².